The van der Waals surface area contributed by atoms with Gasteiger partial charge in [-0.05, 0) is 30.9 Å². The van der Waals surface area contributed by atoms with Crippen molar-refractivity contribution in [3.05, 3.63) is 34.9 Å². The second-order valence-corrected chi connectivity index (χ2v) is 7.21. The van der Waals surface area contributed by atoms with Crippen molar-refractivity contribution in [2.75, 3.05) is 19.6 Å². The first-order valence-corrected chi connectivity index (χ1v) is 9.39. The van der Waals surface area contributed by atoms with E-state index in [1.807, 2.05) is 18.7 Å². The van der Waals surface area contributed by atoms with Crippen molar-refractivity contribution < 1.29 is 14.4 Å². The Balaban J connectivity index is 1.87. The van der Waals surface area contributed by atoms with Crippen LogP contribution in [0.1, 0.15) is 43.5 Å². The smallest absolute Gasteiger partial charge is 0.253 e. The first-order chi connectivity index (χ1) is 12.4. The number of benzene rings is 1. The Labute approximate surface area is 159 Å². The molecule has 1 aliphatic rings. The van der Waals surface area contributed by atoms with E-state index in [9.17, 15) is 14.4 Å². The summed E-state index contributed by atoms with van der Waals surface area (Å²) in [4.78, 5) is 38.7. The van der Waals surface area contributed by atoms with Crippen LogP contribution in [0.15, 0.2) is 24.3 Å². The Morgan fingerprint density at radius 3 is 2.42 bits per heavy atom. The fourth-order valence-electron chi connectivity index (χ4n) is 2.93. The van der Waals surface area contributed by atoms with Crippen molar-refractivity contribution >= 4 is 29.3 Å². The Kier molecular flexibility index (Phi) is 7.45. The third kappa shape index (κ3) is 5.46. The van der Waals surface area contributed by atoms with Crippen LogP contribution < -0.4 is 10.6 Å². The Bertz CT molecular complexity index is 657. The maximum atomic E-state index is 12.5. The predicted octanol–water partition coefficient (Wildman–Crippen LogP) is 2.22. The van der Waals surface area contributed by atoms with E-state index >= 15 is 0 Å². The molecule has 0 bridgehead atoms. The Hall–Kier alpha value is -2.08. The molecule has 3 amide bonds. The van der Waals surface area contributed by atoms with Crippen LogP contribution in [0.25, 0.3) is 0 Å². The number of nitrogens with one attached hydrogen (secondary N) is 2. The van der Waals surface area contributed by atoms with E-state index in [1.54, 1.807) is 24.3 Å². The van der Waals surface area contributed by atoms with E-state index in [-0.39, 0.29) is 30.7 Å². The van der Waals surface area contributed by atoms with Gasteiger partial charge in [-0.1, -0.05) is 37.6 Å². The van der Waals surface area contributed by atoms with Gasteiger partial charge in [0.25, 0.3) is 5.91 Å². The highest BCUT2D eigenvalue weighted by Gasteiger charge is 2.25. The van der Waals surface area contributed by atoms with Gasteiger partial charge in [0.1, 0.15) is 6.04 Å². The van der Waals surface area contributed by atoms with Crippen LogP contribution in [0.3, 0.4) is 0 Å². The van der Waals surface area contributed by atoms with E-state index in [1.165, 1.54) is 0 Å². The molecule has 142 valence electrons. The number of carbonyl (C=O) groups is 3. The molecule has 7 heteroatoms. The Morgan fingerprint density at radius 1 is 1.15 bits per heavy atom. The average Bonchev–Trinajstić information content (AvgIpc) is 3.14. The topological polar surface area (TPSA) is 78.5 Å². The second kappa shape index (κ2) is 9.57. The Morgan fingerprint density at radius 2 is 1.81 bits per heavy atom. The minimum absolute atomic E-state index is 0.0593. The third-order valence-electron chi connectivity index (χ3n) is 4.45. The van der Waals surface area contributed by atoms with Gasteiger partial charge >= 0.3 is 0 Å². The number of carbonyl (C=O) groups excluding carboxylic acids is 3. The SMILES string of the molecule is CC(C)C(NC(=O)c1ccccc1Cl)C(=O)NCCC(=O)N1CCCC1. The van der Waals surface area contributed by atoms with Crippen molar-refractivity contribution in [3.63, 3.8) is 0 Å². The summed E-state index contributed by atoms with van der Waals surface area (Å²) in [5.41, 5.74) is 0.330. The lowest BCUT2D eigenvalue weighted by atomic mass is 10.0. The fourth-order valence-corrected chi connectivity index (χ4v) is 3.15. The molecule has 1 heterocycles. The molecule has 26 heavy (non-hydrogen) atoms. The van der Waals surface area contributed by atoms with Crippen LogP contribution in [-0.2, 0) is 9.59 Å². The first kappa shape index (κ1) is 20.2. The van der Waals surface area contributed by atoms with Crippen LogP contribution in [0.2, 0.25) is 5.02 Å². The molecule has 1 saturated heterocycles. The number of halogens is 1. The summed E-state index contributed by atoms with van der Waals surface area (Å²) in [6, 6.07) is 6.01. The van der Waals surface area contributed by atoms with Crippen molar-refractivity contribution in [2.45, 2.75) is 39.2 Å². The van der Waals surface area contributed by atoms with Crippen molar-refractivity contribution in [1.29, 1.82) is 0 Å². The quantitative estimate of drug-likeness (QED) is 0.762. The van der Waals surface area contributed by atoms with Crippen molar-refractivity contribution in [1.82, 2.24) is 15.5 Å². The summed E-state index contributed by atoms with van der Waals surface area (Å²) in [7, 11) is 0. The summed E-state index contributed by atoms with van der Waals surface area (Å²) in [6.45, 7) is 5.57. The third-order valence-corrected chi connectivity index (χ3v) is 4.78. The molecule has 1 unspecified atom stereocenters. The van der Waals surface area contributed by atoms with E-state index in [2.05, 4.69) is 10.6 Å². The van der Waals surface area contributed by atoms with Gasteiger partial charge in [0.15, 0.2) is 0 Å². The summed E-state index contributed by atoms with van der Waals surface area (Å²) >= 11 is 6.04. The molecule has 1 atom stereocenters. The zero-order valence-corrected chi connectivity index (χ0v) is 16.0. The summed E-state index contributed by atoms with van der Waals surface area (Å²) in [5.74, 6) is -0.730. The maximum absolute atomic E-state index is 12.5. The number of hydrogen-bond acceptors (Lipinski definition) is 3. The highest BCUT2D eigenvalue weighted by molar-refractivity contribution is 6.33. The van der Waals surface area contributed by atoms with Gasteiger partial charge < -0.3 is 15.5 Å². The molecular formula is C19H26ClN3O3. The molecule has 6 nitrogen and oxygen atoms in total. The monoisotopic (exact) mass is 379 g/mol. The molecular weight excluding hydrogens is 354 g/mol. The summed E-state index contributed by atoms with van der Waals surface area (Å²) in [5, 5.41) is 5.83. The first-order valence-electron chi connectivity index (χ1n) is 9.01. The van der Waals surface area contributed by atoms with E-state index in [4.69, 9.17) is 11.6 Å². The molecule has 2 N–H and O–H groups in total. The highest BCUT2D eigenvalue weighted by Crippen LogP contribution is 2.15. The molecule has 1 aliphatic heterocycles. The van der Waals surface area contributed by atoms with Crippen molar-refractivity contribution in [3.8, 4) is 0 Å². The summed E-state index contributed by atoms with van der Waals surface area (Å²) < 4.78 is 0. The standard InChI is InChI=1S/C19H26ClN3O3/c1-13(2)17(22-18(25)14-7-3-4-8-15(14)20)19(26)21-10-9-16(24)23-11-5-6-12-23/h3-4,7-8,13,17H,5-6,9-12H2,1-2H3,(H,21,26)(H,22,25). The lowest BCUT2D eigenvalue weighted by Crippen LogP contribution is -2.50. The van der Waals surface area contributed by atoms with Gasteiger partial charge in [-0.3, -0.25) is 14.4 Å². The largest absolute Gasteiger partial charge is 0.354 e. The van der Waals surface area contributed by atoms with Crippen molar-refractivity contribution in [2.24, 2.45) is 5.92 Å². The van der Waals surface area contributed by atoms with E-state index in [0.29, 0.717) is 10.6 Å². The molecule has 0 aliphatic carbocycles. The predicted molar refractivity (Wildman–Crippen MR) is 101 cm³/mol. The molecule has 0 saturated carbocycles. The zero-order valence-electron chi connectivity index (χ0n) is 15.3. The van der Waals surface area contributed by atoms with Crippen LogP contribution in [0.4, 0.5) is 0 Å². The number of amides is 3. The molecule has 2 rings (SSSR count). The molecule has 1 fully saturated rings. The lowest BCUT2D eigenvalue weighted by Gasteiger charge is -2.22. The van der Waals surface area contributed by atoms with Gasteiger partial charge in [0.2, 0.25) is 11.8 Å². The number of rotatable bonds is 7. The second-order valence-electron chi connectivity index (χ2n) is 6.80. The number of nitrogens with zero attached hydrogens (tertiary/aromatic N) is 1. The molecule has 1 aromatic rings. The van der Waals surface area contributed by atoms with E-state index < -0.39 is 11.9 Å². The lowest BCUT2D eigenvalue weighted by molar-refractivity contribution is -0.130. The normalized spacial score (nSPS) is 15.0. The van der Waals surface area contributed by atoms with Crippen LogP contribution >= 0.6 is 11.6 Å². The van der Waals surface area contributed by atoms with Crippen LogP contribution in [0.5, 0.6) is 0 Å². The molecule has 1 aromatic carbocycles. The molecule has 0 spiro atoms. The summed E-state index contributed by atoms with van der Waals surface area (Å²) in [6.07, 6.45) is 2.36. The van der Waals surface area contributed by atoms with Gasteiger partial charge in [0, 0.05) is 26.1 Å². The van der Waals surface area contributed by atoms with Gasteiger partial charge in [-0.2, -0.15) is 0 Å². The van der Waals surface area contributed by atoms with Crippen LogP contribution in [-0.4, -0.2) is 48.3 Å². The van der Waals surface area contributed by atoms with Gasteiger partial charge in [-0.25, -0.2) is 0 Å². The molecule has 0 radical (unpaired) electrons. The number of likely N-dealkylation sites (tertiary alicyclic amines) is 1. The zero-order chi connectivity index (χ0) is 19.1. The number of hydrogen-bond donors (Lipinski definition) is 2. The average molecular weight is 380 g/mol. The minimum atomic E-state index is -0.694. The molecule has 0 aromatic heterocycles. The highest BCUT2D eigenvalue weighted by atomic mass is 35.5. The van der Waals surface area contributed by atoms with E-state index in [0.717, 1.165) is 25.9 Å². The van der Waals surface area contributed by atoms with Crippen LogP contribution in [0, 0.1) is 5.92 Å². The fraction of sp³-hybridized carbons (Fsp3) is 0.526. The minimum Gasteiger partial charge on any atom is -0.354 e. The van der Waals surface area contributed by atoms with Gasteiger partial charge in [0.05, 0.1) is 10.6 Å². The maximum Gasteiger partial charge on any atom is 0.253 e. The van der Waals surface area contributed by atoms with Gasteiger partial charge in [-0.15, -0.1) is 0 Å².